The predicted molar refractivity (Wildman–Crippen MR) is 153 cm³/mol. The normalized spacial score (nSPS) is 18.2. The van der Waals surface area contributed by atoms with Crippen LogP contribution < -0.4 is 16.2 Å². The summed E-state index contributed by atoms with van der Waals surface area (Å²) in [6, 6.07) is 17.7. The van der Waals surface area contributed by atoms with Crippen molar-refractivity contribution in [3.05, 3.63) is 70.5 Å². The van der Waals surface area contributed by atoms with Crippen LogP contribution in [-0.4, -0.2) is 39.7 Å². The van der Waals surface area contributed by atoms with Crippen molar-refractivity contribution in [1.82, 2.24) is 20.2 Å². The molecule has 1 atom stereocenters. The van der Waals surface area contributed by atoms with Crippen molar-refractivity contribution in [2.45, 2.75) is 70.1 Å². The maximum atomic E-state index is 13.4. The highest BCUT2D eigenvalue weighted by atomic mass is 32.2. The van der Waals surface area contributed by atoms with E-state index in [2.05, 4.69) is 22.8 Å². The lowest BCUT2D eigenvalue weighted by Crippen LogP contribution is -2.36. The molecule has 4 rings (SSSR count). The average Bonchev–Trinajstić information content (AvgIpc) is 2.94. The molecule has 1 saturated carbocycles. The molecule has 202 valence electrons. The van der Waals surface area contributed by atoms with Crippen LogP contribution in [0.4, 0.5) is 0 Å². The largest absolute Gasteiger partial charge is 0.356 e. The summed E-state index contributed by atoms with van der Waals surface area (Å²) >= 11 is 1.31. The topological polar surface area (TPSA) is 93.1 Å². The van der Waals surface area contributed by atoms with Gasteiger partial charge in [-0.25, -0.2) is 4.98 Å². The Bertz CT molecular complexity index is 1290. The smallest absolute Gasteiger partial charge is 0.262 e. The van der Waals surface area contributed by atoms with E-state index in [0.29, 0.717) is 29.1 Å². The van der Waals surface area contributed by atoms with Crippen molar-refractivity contribution in [2.75, 3.05) is 12.3 Å². The number of carbonyl (C=O) groups excluding carboxylic acids is 2. The van der Waals surface area contributed by atoms with Gasteiger partial charge in [0.05, 0.1) is 16.7 Å². The number of thioether (sulfide) groups is 1. The van der Waals surface area contributed by atoms with E-state index in [-0.39, 0.29) is 41.0 Å². The molecule has 0 unspecified atom stereocenters. The molecular weight excluding hydrogens is 496 g/mol. The second kappa shape index (κ2) is 13.6. The fraction of sp³-hybridized carbons (Fsp3) is 0.467. The van der Waals surface area contributed by atoms with Gasteiger partial charge in [0.2, 0.25) is 11.8 Å². The third-order valence-electron chi connectivity index (χ3n) is 7.39. The van der Waals surface area contributed by atoms with Crippen molar-refractivity contribution in [1.29, 1.82) is 0 Å². The molecule has 1 heterocycles. The van der Waals surface area contributed by atoms with E-state index in [1.807, 2.05) is 56.3 Å². The zero-order chi connectivity index (χ0) is 26.9. The van der Waals surface area contributed by atoms with Crippen molar-refractivity contribution in [3.8, 4) is 0 Å². The molecule has 3 aromatic rings. The summed E-state index contributed by atoms with van der Waals surface area (Å²) in [7, 11) is 0. The Kier molecular flexibility index (Phi) is 9.98. The summed E-state index contributed by atoms with van der Waals surface area (Å²) < 4.78 is 1.74. The predicted octanol–water partition coefficient (Wildman–Crippen LogP) is 4.57. The molecule has 2 amide bonds. The van der Waals surface area contributed by atoms with Crippen molar-refractivity contribution in [2.24, 2.45) is 11.8 Å². The van der Waals surface area contributed by atoms with Gasteiger partial charge in [-0.15, -0.1) is 0 Å². The van der Waals surface area contributed by atoms with Crippen LogP contribution in [0.2, 0.25) is 0 Å². The number of para-hydroxylation sites is 1. The first-order chi connectivity index (χ1) is 18.4. The first-order valence-electron chi connectivity index (χ1n) is 13.7. The molecule has 1 aromatic heterocycles. The van der Waals surface area contributed by atoms with Crippen LogP contribution in [0.3, 0.4) is 0 Å². The van der Waals surface area contributed by atoms with Gasteiger partial charge in [-0.2, -0.15) is 0 Å². The van der Waals surface area contributed by atoms with Gasteiger partial charge in [0.1, 0.15) is 0 Å². The Hall–Kier alpha value is -3.13. The van der Waals surface area contributed by atoms with Crippen LogP contribution >= 0.6 is 11.8 Å². The Labute approximate surface area is 228 Å². The van der Waals surface area contributed by atoms with Gasteiger partial charge in [0.15, 0.2) is 5.16 Å². The maximum absolute atomic E-state index is 13.4. The van der Waals surface area contributed by atoms with E-state index in [0.717, 1.165) is 38.5 Å². The first kappa shape index (κ1) is 27.9. The van der Waals surface area contributed by atoms with Gasteiger partial charge in [-0.3, -0.25) is 19.0 Å². The molecule has 0 saturated heterocycles. The molecule has 1 fully saturated rings. The number of nitrogens with zero attached hydrogens (tertiary/aromatic N) is 2. The minimum atomic E-state index is -0.0683. The number of carbonyl (C=O) groups is 2. The highest BCUT2D eigenvalue weighted by Crippen LogP contribution is 2.31. The van der Waals surface area contributed by atoms with E-state index in [1.54, 1.807) is 4.57 Å². The molecule has 2 aromatic carbocycles. The number of rotatable bonds is 11. The van der Waals surface area contributed by atoms with Crippen molar-refractivity contribution >= 4 is 34.5 Å². The minimum Gasteiger partial charge on any atom is -0.356 e. The molecular formula is C30H38N4O3S. The van der Waals surface area contributed by atoms with Gasteiger partial charge in [0, 0.05) is 25.0 Å². The second-order valence-electron chi connectivity index (χ2n) is 10.2. The molecule has 0 aliphatic heterocycles. The summed E-state index contributed by atoms with van der Waals surface area (Å²) in [6.07, 6.45) is 5.09. The highest BCUT2D eigenvalue weighted by molar-refractivity contribution is 7.99. The van der Waals surface area contributed by atoms with E-state index >= 15 is 0 Å². The SMILES string of the molecule is CC[C@@H](C)NC(=O)CSc1nc2ccccc2c(=O)n1CC1CCC(C(=O)NCCc2ccccc2)CC1. The summed E-state index contributed by atoms with van der Waals surface area (Å²) in [5.41, 5.74) is 1.80. The number of aromatic nitrogens is 2. The van der Waals surface area contributed by atoms with Crippen molar-refractivity contribution in [3.63, 3.8) is 0 Å². The average molecular weight is 535 g/mol. The molecule has 1 aliphatic carbocycles. The maximum Gasteiger partial charge on any atom is 0.262 e. The van der Waals surface area contributed by atoms with Crippen LogP contribution in [0.15, 0.2) is 64.5 Å². The molecule has 0 radical (unpaired) electrons. The zero-order valence-corrected chi connectivity index (χ0v) is 23.1. The molecule has 8 heteroatoms. The van der Waals surface area contributed by atoms with Gasteiger partial charge in [-0.05, 0) is 69.1 Å². The summed E-state index contributed by atoms with van der Waals surface area (Å²) in [6.45, 7) is 5.21. The number of amides is 2. The summed E-state index contributed by atoms with van der Waals surface area (Å²) in [5.74, 6) is 0.596. The van der Waals surface area contributed by atoms with Gasteiger partial charge < -0.3 is 10.6 Å². The Morgan fingerprint density at radius 3 is 2.50 bits per heavy atom. The lowest BCUT2D eigenvalue weighted by molar-refractivity contribution is -0.126. The molecule has 2 N–H and O–H groups in total. The Balaban J connectivity index is 1.37. The van der Waals surface area contributed by atoms with Crippen LogP contribution in [0, 0.1) is 11.8 Å². The van der Waals surface area contributed by atoms with E-state index in [4.69, 9.17) is 4.98 Å². The fourth-order valence-electron chi connectivity index (χ4n) is 4.95. The fourth-order valence-corrected chi connectivity index (χ4v) is 5.77. The summed E-state index contributed by atoms with van der Waals surface area (Å²) in [4.78, 5) is 43.3. The van der Waals surface area contributed by atoms with Gasteiger partial charge in [0.25, 0.3) is 5.56 Å². The lowest BCUT2D eigenvalue weighted by atomic mass is 9.81. The quantitative estimate of drug-likeness (QED) is 0.278. The van der Waals surface area contributed by atoms with Gasteiger partial charge in [-0.1, -0.05) is 61.2 Å². The number of benzene rings is 2. The van der Waals surface area contributed by atoms with E-state index < -0.39 is 0 Å². The van der Waals surface area contributed by atoms with E-state index in [9.17, 15) is 14.4 Å². The van der Waals surface area contributed by atoms with Gasteiger partial charge >= 0.3 is 0 Å². The molecule has 0 spiro atoms. The minimum absolute atomic E-state index is 0.0200. The van der Waals surface area contributed by atoms with Crippen LogP contribution in [-0.2, 0) is 22.6 Å². The Morgan fingerprint density at radius 1 is 1.05 bits per heavy atom. The second-order valence-corrected chi connectivity index (χ2v) is 11.2. The third kappa shape index (κ3) is 7.47. The lowest BCUT2D eigenvalue weighted by Gasteiger charge is -2.28. The first-order valence-corrected chi connectivity index (χ1v) is 14.7. The van der Waals surface area contributed by atoms with Crippen molar-refractivity contribution < 1.29 is 9.59 Å². The van der Waals surface area contributed by atoms with E-state index in [1.165, 1.54) is 17.3 Å². The third-order valence-corrected chi connectivity index (χ3v) is 8.37. The molecule has 1 aliphatic rings. The molecule has 0 bridgehead atoms. The van der Waals surface area contributed by atoms with Crippen LogP contribution in [0.25, 0.3) is 10.9 Å². The number of hydrogen-bond donors (Lipinski definition) is 2. The summed E-state index contributed by atoms with van der Waals surface area (Å²) in [5, 5.41) is 7.25. The number of nitrogens with one attached hydrogen (secondary N) is 2. The zero-order valence-electron chi connectivity index (χ0n) is 22.3. The molecule has 7 nitrogen and oxygen atoms in total. The Morgan fingerprint density at radius 2 is 1.76 bits per heavy atom. The van der Waals surface area contributed by atoms with Crippen LogP contribution in [0.1, 0.15) is 51.5 Å². The highest BCUT2D eigenvalue weighted by Gasteiger charge is 2.27. The standard InChI is InChI=1S/C30H38N4O3S/c1-3-21(2)32-27(35)20-38-30-33-26-12-8-7-11-25(26)29(37)34(30)19-23-13-15-24(16-14-23)28(36)31-18-17-22-9-5-4-6-10-22/h4-12,21,23-24H,3,13-20H2,1-2H3,(H,31,36)(H,32,35)/t21-,23?,24?/m1/s1. The monoisotopic (exact) mass is 534 g/mol. The molecule has 38 heavy (non-hydrogen) atoms. The number of fused-ring (bicyclic) bond motifs is 1. The van der Waals surface area contributed by atoms with Crippen LogP contribution in [0.5, 0.6) is 0 Å². The number of hydrogen-bond acceptors (Lipinski definition) is 5.